The van der Waals surface area contributed by atoms with Gasteiger partial charge in [0.05, 0.1) is 11.4 Å². The Labute approximate surface area is 128 Å². The summed E-state index contributed by atoms with van der Waals surface area (Å²) in [7, 11) is -3.60. The lowest BCUT2D eigenvalue weighted by Gasteiger charge is -2.19. The molecule has 7 heteroatoms. The van der Waals surface area contributed by atoms with E-state index in [1.807, 2.05) is 12.1 Å². The largest absolute Gasteiger partial charge is 0.508 e. The van der Waals surface area contributed by atoms with Crippen LogP contribution >= 0.6 is 0 Å². The third-order valence-corrected chi connectivity index (χ3v) is 4.74. The van der Waals surface area contributed by atoms with Gasteiger partial charge in [0, 0.05) is 24.3 Å². The van der Waals surface area contributed by atoms with E-state index in [4.69, 9.17) is 5.14 Å². The Morgan fingerprint density at radius 2 is 2.05 bits per heavy atom. The van der Waals surface area contributed by atoms with Crippen molar-refractivity contribution in [1.29, 1.82) is 0 Å². The number of hydrogen-bond acceptors (Lipinski definition) is 4. The quantitative estimate of drug-likeness (QED) is 0.887. The van der Waals surface area contributed by atoms with Crippen molar-refractivity contribution in [3.05, 3.63) is 36.4 Å². The molecule has 1 fully saturated rings. The number of amides is 1. The van der Waals surface area contributed by atoms with Gasteiger partial charge in [-0.15, -0.1) is 0 Å². The number of rotatable bonds is 3. The van der Waals surface area contributed by atoms with Crippen molar-refractivity contribution in [2.75, 3.05) is 17.2 Å². The van der Waals surface area contributed by atoms with Crippen molar-refractivity contribution >= 4 is 32.4 Å². The third kappa shape index (κ3) is 2.90. The van der Waals surface area contributed by atoms with Crippen molar-refractivity contribution in [3.63, 3.8) is 0 Å². The molecule has 1 saturated heterocycles. The van der Waals surface area contributed by atoms with Gasteiger partial charge in [-0.25, -0.2) is 13.6 Å². The maximum Gasteiger partial charge on any atom is 0.227 e. The molecule has 0 spiro atoms. The lowest BCUT2D eigenvalue weighted by Crippen LogP contribution is -2.27. The molecule has 1 unspecified atom stereocenters. The molecule has 116 valence electrons. The van der Waals surface area contributed by atoms with E-state index in [0.29, 0.717) is 12.2 Å². The monoisotopic (exact) mass is 320 g/mol. The highest BCUT2D eigenvalue weighted by atomic mass is 32.2. The van der Waals surface area contributed by atoms with Gasteiger partial charge in [0.1, 0.15) is 5.75 Å². The van der Waals surface area contributed by atoms with Crippen LogP contribution in [0.25, 0.3) is 10.8 Å². The van der Waals surface area contributed by atoms with Crippen molar-refractivity contribution in [3.8, 4) is 5.75 Å². The molecule has 6 nitrogen and oxygen atoms in total. The van der Waals surface area contributed by atoms with Gasteiger partial charge < -0.3 is 10.0 Å². The number of primary sulfonamides is 1. The Bertz CT molecular complexity index is 848. The Morgan fingerprint density at radius 3 is 2.77 bits per heavy atom. The van der Waals surface area contributed by atoms with Gasteiger partial charge in [0.15, 0.2) is 0 Å². The number of phenols is 1. The van der Waals surface area contributed by atoms with E-state index in [0.717, 1.165) is 10.8 Å². The smallest absolute Gasteiger partial charge is 0.227 e. The van der Waals surface area contributed by atoms with Gasteiger partial charge in [-0.3, -0.25) is 4.79 Å². The van der Waals surface area contributed by atoms with Gasteiger partial charge in [0.25, 0.3) is 0 Å². The molecule has 1 heterocycles. The second-order valence-corrected chi connectivity index (χ2v) is 7.25. The number of hydrogen-bond donors (Lipinski definition) is 2. The number of carbonyl (C=O) groups excluding carboxylic acids is 1. The molecule has 1 amide bonds. The summed E-state index contributed by atoms with van der Waals surface area (Å²) in [5.41, 5.74) is 0.676. The molecule has 0 bridgehead atoms. The first-order valence-electron chi connectivity index (χ1n) is 6.86. The Morgan fingerprint density at radius 1 is 1.27 bits per heavy atom. The maximum atomic E-state index is 12.2. The van der Waals surface area contributed by atoms with Gasteiger partial charge in [0.2, 0.25) is 15.9 Å². The van der Waals surface area contributed by atoms with E-state index < -0.39 is 10.0 Å². The second kappa shape index (κ2) is 5.26. The van der Waals surface area contributed by atoms with Crippen LogP contribution in [-0.4, -0.2) is 31.7 Å². The van der Waals surface area contributed by atoms with Crippen molar-refractivity contribution in [1.82, 2.24) is 0 Å². The topological polar surface area (TPSA) is 101 Å². The summed E-state index contributed by atoms with van der Waals surface area (Å²) >= 11 is 0. The summed E-state index contributed by atoms with van der Waals surface area (Å²) in [4.78, 5) is 13.8. The Hall–Kier alpha value is -2.12. The van der Waals surface area contributed by atoms with Crippen LogP contribution in [0.15, 0.2) is 36.4 Å². The number of benzene rings is 2. The van der Waals surface area contributed by atoms with E-state index in [1.165, 1.54) is 0 Å². The number of phenolic OH excluding ortho intramolecular Hbond substituents is 1. The lowest BCUT2D eigenvalue weighted by molar-refractivity contribution is -0.117. The van der Waals surface area contributed by atoms with Gasteiger partial charge >= 0.3 is 0 Å². The highest BCUT2D eigenvalue weighted by molar-refractivity contribution is 7.89. The van der Waals surface area contributed by atoms with Crippen molar-refractivity contribution in [2.24, 2.45) is 11.1 Å². The first-order chi connectivity index (χ1) is 10.3. The number of anilines is 1. The summed E-state index contributed by atoms with van der Waals surface area (Å²) in [6.07, 6.45) is 0.158. The predicted molar refractivity (Wildman–Crippen MR) is 84.0 cm³/mol. The van der Waals surface area contributed by atoms with Crippen LogP contribution in [0.2, 0.25) is 0 Å². The average Bonchev–Trinajstić information content (AvgIpc) is 2.76. The minimum Gasteiger partial charge on any atom is -0.508 e. The van der Waals surface area contributed by atoms with Crippen molar-refractivity contribution < 1.29 is 18.3 Å². The van der Waals surface area contributed by atoms with E-state index in [2.05, 4.69) is 0 Å². The number of carbonyl (C=O) groups is 1. The molecular formula is C15H16N2O4S. The summed E-state index contributed by atoms with van der Waals surface area (Å²) in [6, 6.07) is 10.5. The molecule has 1 atom stereocenters. The molecule has 3 N–H and O–H groups in total. The minimum atomic E-state index is -3.60. The number of nitrogens with zero attached hydrogens (tertiary/aromatic N) is 1. The highest BCUT2D eigenvalue weighted by Crippen LogP contribution is 2.33. The SMILES string of the molecule is NS(=O)(=O)CC1CC(=O)N(c2cccc3ccc(O)cc23)C1. The molecule has 0 aromatic heterocycles. The van der Waals surface area contributed by atoms with Crippen LogP contribution in [0.3, 0.4) is 0 Å². The molecule has 2 aromatic carbocycles. The summed E-state index contributed by atoms with van der Waals surface area (Å²) in [5, 5.41) is 16.4. The fourth-order valence-corrected chi connectivity index (χ4v) is 3.81. The number of fused-ring (bicyclic) bond motifs is 1. The zero-order chi connectivity index (χ0) is 15.9. The normalized spacial score (nSPS) is 19.0. The summed E-state index contributed by atoms with van der Waals surface area (Å²) in [5.74, 6) is -0.530. The van der Waals surface area contributed by atoms with Crippen LogP contribution < -0.4 is 10.0 Å². The molecule has 22 heavy (non-hydrogen) atoms. The first kappa shape index (κ1) is 14.8. The van der Waals surface area contributed by atoms with E-state index >= 15 is 0 Å². The standard InChI is InChI=1S/C15H16N2O4S/c16-22(20,21)9-10-6-15(19)17(8-10)14-3-1-2-11-4-5-12(18)7-13(11)14/h1-5,7,10,18H,6,8-9H2,(H2,16,20,21). The fourth-order valence-electron chi connectivity index (χ4n) is 2.93. The van der Waals surface area contributed by atoms with E-state index in [9.17, 15) is 18.3 Å². The number of nitrogens with two attached hydrogens (primary N) is 1. The third-order valence-electron chi connectivity index (χ3n) is 3.81. The second-order valence-electron chi connectivity index (χ2n) is 5.59. The van der Waals surface area contributed by atoms with Crippen LogP contribution in [0.4, 0.5) is 5.69 Å². The molecule has 0 aliphatic carbocycles. The highest BCUT2D eigenvalue weighted by Gasteiger charge is 2.33. The molecule has 0 saturated carbocycles. The van der Waals surface area contributed by atoms with E-state index in [-0.39, 0.29) is 29.7 Å². The molecule has 1 aliphatic heterocycles. The minimum absolute atomic E-state index is 0.118. The van der Waals surface area contributed by atoms with E-state index in [1.54, 1.807) is 29.2 Å². The van der Waals surface area contributed by atoms with Gasteiger partial charge in [-0.2, -0.15) is 0 Å². The van der Waals surface area contributed by atoms with Crippen LogP contribution in [0.1, 0.15) is 6.42 Å². The predicted octanol–water partition coefficient (Wildman–Crippen LogP) is 1.19. The number of sulfonamides is 1. The average molecular weight is 320 g/mol. The first-order valence-corrected chi connectivity index (χ1v) is 8.57. The molecular weight excluding hydrogens is 304 g/mol. The maximum absolute atomic E-state index is 12.2. The van der Waals surface area contributed by atoms with Crippen molar-refractivity contribution in [2.45, 2.75) is 6.42 Å². The van der Waals surface area contributed by atoms with Crippen LogP contribution in [-0.2, 0) is 14.8 Å². The number of aromatic hydroxyl groups is 1. The Kier molecular flexibility index (Phi) is 3.54. The zero-order valence-electron chi connectivity index (χ0n) is 11.8. The lowest BCUT2D eigenvalue weighted by atomic mass is 10.1. The van der Waals surface area contributed by atoms with Crippen LogP contribution in [0.5, 0.6) is 5.75 Å². The van der Waals surface area contributed by atoms with Gasteiger partial charge in [-0.05, 0) is 23.6 Å². The van der Waals surface area contributed by atoms with Gasteiger partial charge in [-0.1, -0.05) is 18.2 Å². The fraction of sp³-hybridized carbons (Fsp3) is 0.267. The molecule has 1 aliphatic rings. The summed E-state index contributed by atoms with van der Waals surface area (Å²) < 4.78 is 22.4. The molecule has 0 radical (unpaired) electrons. The Balaban J connectivity index is 1.98. The summed E-state index contributed by atoms with van der Waals surface area (Å²) in [6.45, 7) is 0.310. The zero-order valence-corrected chi connectivity index (χ0v) is 12.6. The van der Waals surface area contributed by atoms with Crippen LogP contribution in [0, 0.1) is 5.92 Å². The molecule has 3 rings (SSSR count). The molecule has 2 aromatic rings.